The SMILES string of the molecule is Cc1nc2c(s1)CCCC2N. The van der Waals surface area contributed by atoms with Crippen LogP contribution in [0.4, 0.5) is 0 Å². The fraction of sp³-hybridized carbons (Fsp3) is 0.625. The van der Waals surface area contributed by atoms with E-state index < -0.39 is 0 Å². The number of thiazole rings is 1. The Labute approximate surface area is 70.5 Å². The number of fused-ring (bicyclic) bond motifs is 1. The molecule has 3 heteroatoms. The van der Waals surface area contributed by atoms with Gasteiger partial charge in [0.05, 0.1) is 10.7 Å². The largest absolute Gasteiger partial charge is 0.323 e. The highest BCUT2D eigenvalue weighted by Crippen LogP contribution is 2.31. The molecule has 1 heterocycles. The van der Waals surface area contributed by atoms with Crippen molar-refractivity contribution in [3.63, 3.8) is 0 Å². The Bertz CT molecular complexity index is 267. The average Bonchev–Trinajstić information content (AvgIpc) is 2.31. The fourth-order valence-electron chi connectivity index (χ4n) is 1.57. The van der Waals surface area contributed by atoms with E-state index in [9.17, 15) is 0 Å². The zero-order valence-electron chi connectivity index (χ0n) is 6.63. The minimum absolute atomic E-state index is 0.212. The molecule has 0 bridgehead atoms. The van der Waals surface area contributed by atoms with E-state index in [1.165, 1.54) is 23.4 Å². The second kappa shape index (κ2) is 2.57. The molecular formula is C8H12N2S. The number of hydrogen-bond acceptors (Lipinski definition) is 3. The molecule has 11 heavy (non-hydrogen) atoms. The van der Waals surface area contributed by atoms with E-state index >= 15 is 0 Å². The summed E-state index contributed by atoms with van der Waals surface area (Å²) in [6, 6.07) is 0.212. The molecular weight excluding hydrogens is 156 g/mol. The molecule has 1 atom stereocenters. The molecule has 0 aromatic carbocycles. The first-order valence-corrected chi connectivity index (χ1v) is 4.81. The van der Waals surface area contributed by atoms with Crippen LogP contribution in [-0.2, 0) is 6.42 Å². The monoisotopic (exact) mass is 168 g/mol. The van der Waals surface area contributed by atoms with Gasteiger partial charge in [0, 0.05) is 10.9 Å². The van der Waals surface area contributed by atoms with Crippen molar-refractivity contribution in [3.8, 4) is 0 Å². The van der Waals surface area contributed by atoms with Crippen LogP contribution in [0.25, 0.3) is 0 Å². The first kappa shape index (κ1) is 7.25. The van der Waals surface area contributed by atoms with Gasteiger partial charge in [0.1, 0.15) is 0 Å². The highest BCUT2D eigenvalue weighted by Gasteiger charge is 2.20. The molecule has 60 valence electrons. The van der Waals surface area contributed by atoms with E-state index in [0.29, 0.717) is 0 Å². The van der Waals surface area contributed by atoms with E-state index in [4.69, 9.17) is 5.73 Å². The lowest BCUT2D eigenvalue weighted by atomic mass is 9.99. The van der Waals surface area contributed by atoms with Crippen molar-refractivity contribution in [2.75, 3.05) is 0 Å². The van der Waals surface area contributed by atoms with Crippen LogP contribution in [-0.4, -0.2) is 4.98 Å². The molecule has 0 saturated heterocycles. The Morgan fingerprint density at radius 3 is 3.18 bits per heavy atom. The summed E-state index contributed by atoms with van der Waals surface area (Å²) in [5, 5.41) is 1.16. The van der Waals surface area contributed by atoms with Crippen molar-refractivity contribution >= 4 is 11.3 Å². The first-order chi connectivity index (χ1) is 5.27. The number of hydrogen-bond donors (Lipinski definition) is 1. The van der Waals surface area contributed by atoms with Crippen molar-refractivity contribution in [2.45, 2.75) is 32.2 Å². The molecule has 2 nitrogen and oxygen atoms in total. The Balaban J connectivity index is 2.43. The Morgan fingerprint density at radius 2 is 2.45 bits per heavy atom. The molecule has 1 aliphatic rings. The molecule has 2 N–H and O–H groups in total. The van der Waals surface area contributed by atoms with Crippen LogP contribution < -0.4 is 5.73 Å². The summed E-state index contributed by atoms with van der Waals surface area (Å²) in [4.78, 5) is 5.84. The van der Waals surface area contributed by atoms with Crippen molar-refractivity contribution < 1.29 is 0 Å². The van der Waals surface area contributed by atoms with Gasteiger partial charge in [-0.1, -0.05) is 0 Å². The fourth-order valence-corrected chi connectivity index (χ4v) is 2.62. The summed E-state index contributed by atoms with van der Waals surface area (Å²) < 4.78 is 0. The zero-order chi connectivity index (χ0) is 7.84. The van der Waals surface area contributed by atoms with Gasteiger partial charge >= 0.3 is 0 Å². The van der Waals surface area contributed by atoms with E-state index in [-0.39, 0.29) is 6.04 Å². The van der Waals surface area contributed by atoms with Crippen LogP contribution >= 0.6 is 11.3 Å². The van der Waals surface area contributed by atoms with Gasteiger partial charge in [-0.25, -0.2) is 4.98 Å². The van der Waals surface area contributed by atoms with Crippen molar-refractivity contribution in [2.24, 2.45) is 5.73 Å². The quantitative estimate of drug-likeness (QED) is 0.641. The lowest BCUT2D eigenvalue weighted by molar-refractivity contribution is 0.563. The number of rotatable bonds is 0. The molecule has 1 aliphatic carbocycles. The lowest BCUT2D eigenvalue weighted by Crippen LogP contribution is -2.16. The summed E-state index contributed by atoms with van der Waals surface area (Å²) in [6.45, 7) is 2.05. The van der Waals surface area contributed by atoms with Gasteiger partial charge in [-0.15, -0.1) is 11.3 Å². The molecule has 0 radical (unpaired) electrons. The van der Waals surface area contributed by atoms with Crippen molar-refractivity contribution in [3.05, 3.63) is 15.6 Å². The van der Waals surface area contributed by atoms with Crippen LogP contribution in [0.15, 0.2) is 0 Å². The molecule has 0 fully saturated rings. The molecule has 2 rings (SSSR count). The third-order valence-corrected chi connectivity index (χ3v) is 3.15. The van der Waals surface area contributed by atoms with E-state index in [1.807, 2.05) is 0 Å². The highest BCUT2D eigenvalue weighted by molar-refractivity contribution is 7.11. The van der Waals surface area contributed by atoms with Gasteiger partial charge in [-0.05, 0) is 26.2 Å². The minimum Gasteiger partial charge on any atom is -0.323 e. The van der Waals surface area contributed by atoms with Crippen LogP contribution in [0.2, 0.25) is 0 Å². The maximum absolute atomic E-state index is 5.90. The molecule has 0 amide bonds. The average molecular weight is 168 g/mol. The van der Waals surface area contributed by atoms with Gasteiger partial charge in [-0.2, -0.15) is 0 Å². The molecule has 1 aromatic heterocycles. The zero-order valence-corrected chi connectivity index (χ0v) is 7.45. The predicted molar refractivity (Wildman–Crippen MR) is 46.7 cm³/mol. The highest BCUT2D eigenvalue weighted by atomic mass is 32.1. The normalized spacial score (nSPS) is 23.3. The van der Waals surface area contributed by atoms with Gasteiger partial charge < -0.3 is 5.73 Å². The number of aromatic nitrogens is 1. The molecule has 1 unspecified atom stereocenters. The minimum atomic E-state index is 0.212. The predicted octanol–water partition coefficient (Wildman–Crippen LogP) is 1.79. The van der Waals surface area contributed by atoms with Gasteiger partial charge in [-0.3, -0.25) is 0 Å². The Kier molecular flexibility index (Phi) is 1.69. The van der Waals surface area contributed by atoms with Gasteiger partial charge in [0.25, 0.3) is 0 Å². The van der Waals surface area contributed by atoms with Crippen LogP contribution in [0.3, 0.4) is 0 Å². The lowest BCUT2D eigenvalue weighted by Gasteiger charge is -2.15. The molecule has 0 saturated carbocycles. The maximum atomic E-state index is 5.90. The van der Waals surface area contributed by atoms with E-state index in [2.05, 4.69) is 11.9 Å². The third kappa shape index (κ3) is 1.19. The smallest absolute Gasteiger partial charge is 0.0900 e. The van der Waals surface area contributed by atoms with Gasteiger partial charge in [0.2, 0.25) is 0 Å². The third-order valence-electron chi connectivity index (χ3n) is 2.10. The summed E-state index contributed by atoms with van der Waals surface area (Å²) in [6.07, 6.45) is 3.53. The molecule has 1 aromatic rings. The standard InChI is InChI=1S/C8H12N2S/c1-5-10-8-6(9)3-2-4-7(8)11-5/h6H,2-4,9H2,1H3. The Morgan fingerprint density at radius 1 is 1.64 bits per heavy atom. The molecule has 0 spiro atoms. The topological polar surface area (TPSA) is 38.9 Å². The molecule has 0 aliphatic heterocycles. The summed E-state index contributed by atoms with van der Waals surface area (Å²) in [5.74, 6) is 0. The maximum Gasteiger partial charge on any atom is 0.0900 e. The van der Waals surface area contributed by atoms with Crippen LogP contribution in [0.5, 0.6) is 0 Å². The summed E-state index contributed by atoms with van der Waals surface area (Å²) in [5.41, 5.74) is 7.07. The Hall–Kier alpha value is -0.410. The summed E-state index contributed by atoms with van der Waals surface area (Å²) in [7, 11) is 0. The summed E-state index contributed by atoms with van der Waals surface area (Å²) >= 11 is 1.80. The number of nitrogens with two attached hydrogens (primary N) is 1. The first-order valence-electron chi connectivity index (χ1n) is 3.99. The number of nitrogens with zero attached hydrogens (tertiary/aromatic N) is 1. The second-order valence-corrected chi connectivity index (χ2v) is 4.33. The van der Waals surface area contributed by atoms with Crippen LogP contribution in [0, 0.1) is 6.92 Å². The van der Waals surface area contributed by atoms with Crippen molar-refractivity contribution in [1.82, 2.24) is 4.98 Å². The van der Waals surface area contributed by atoms with Crippen molar-refractivity contribution in [1.29, 1.82) is 0 Å². The van der Waals surface area contributed by atoms with Gasteiger partial charge in [0.15, 0.2) is 0 Å². The van der Waals surface area contributed by atoms with Crippen LogP contribution in [0.1, 0.15) is 34.5 Å². The number of aryl methyl sites for hydroxylation is 2. The second-order valence-electron chi connectivity index (χ2n) is 3.04. The van der Waals surface area contributed by atoms with E-state index in [0.717, 1.165) is 11.4 Å². The van der Waals surface area contributed by atoms with E-state index in [1.54, 1.807) is 11.3 Å².